The molecule has 1 heterocycles. The molecular formula is C23H26F6N2. The fourth-order valence-corrected chi connectivity index (χ4v) is 4.13. The predicted molar refractivity (Wildman–Crippen MR) is 107 cm³/mol. The number of alkyl halides is 6. The predicted octanol–water partition coefficient (Wildman–Crippen LogP) is 5.96. The van der Waals surface area contributed by atoms with Gasteiger partial charge in [-0.3, -0.25) is 0 Å². The Labute approximate surface area is 178 Å². The second-order valence-electron chi connectivity index (χ2n) is 8.12. The molecule has 0 unspecified atom stereocenters. The monoisotopic (exact) mass is 444 g/mol. The van der Waals surface area contributed by atoms with Crippen molar-refractivity contribution in [1.82, 2.24) is 10.6 Å². The normalized spacial score (nSPS) is 22.5. The molecule has 0 radical (unpaired) electrons. The Morgan fingerprint density at radius 3 is 1.97 bits per heavy atom. The maximum atomic E-state index is 13.1. The van der Waals surface area contributed by atoms with Crippen LogP contribution in [0.4, 0.5) is 26.3 Å². The van der Waals surface area contributed by atoms with Crippen LogP contribution >= 0.6 is 0 Å². The van der Waals surface area contributed by atoms with Crippen LogP contribution in [0, 0.1) is 0 Å². The minimum atomic E-state index is -4.83. The molecule has 1 aliphatic rings. The minimum absolute atomic E-state index is 0.00351. The van der Waals surface area contributed by atoms with Crippen LogP contribution in [0.25, 0.3) is 0 Å². The molecule has 0 spiro atoms. The summed E-state index contributed by atoms with van der Waals surface area (Å²) < 4.78 is 78.5. The van der Waals surface area contributed by atoms with Crippen LogP contribution in [-0.2, 0) is 25.3 Å². The van der Waals surface area contributed by atoms with E-state index in [2.05, 4.69) is 17.6 Å². The van der Waals surface area contributed by atoms with Gasteiger partial charge >= 0.3 is 12.4 Å². The molecule has 0 saturated carbocycles. The lowest BCUT2D eigenvalue weighted by atomic mass is 9.89. The first-order valence-corrected chi connectivity index (χ1v) is 10.4. The molecule has 0 aliphatic carbocycles. The van der Waals surface area contributed by atoms with Crippen LogP contribution in [0.2, 0.25) is 0 Å². The molecule has 2 aromatic rings. The van der Waals surface area contributed by atoms with Crippen molar-refractivity contribution < 1.29 is 26.3 Å². The average molecular weight is 444 g/mol. The highest BCUT2D eigenvalue weighted by Gasteiger charge is 2.37. The molecule has 0 bridgehead atoms. The Hall–Kier alpha value is -2.06. The number of rotatable bonds is 6. The van der Waals surface area contributed by atoms with Crippen LogP contribution in [0.1, 0.15) is 48.4 Å². The molecule has 2 nitrogen and oxygen atoms in total. The Kier molecular flexibility index (Phi) is 7.31. The Balaban J connectivity index is 1.71. The van der Waals surface area contributed by atoms with Gasteiger partial charge in [0.2, 0.25) is 0 Å². The molecule has 0 aromatic heterocycles. The van der Waals surface area contributed by atoms with E-state index in [1.165, 1.54) is 5.56 Å². The summed E-state index contributed by atoms with van der Waals surface area (Å²) in [5.74, 6) is 0. The first-order chi connectivity index (χ1) is 14.5. The van der Waals surface area contributed by atoms with E-state index in [1.54, 1.807) is 0 Å². The summed E-state index contributed by atoms with van der Waals surface area (Å²) in [5.41, 5.74) is -1.40. The zero-order valence-corrected chi connectivity index (χ0v) is 17.2. The number of hydrogen-bond acceptors (Lipinski definition) is 2. The van der Waals surface area contributed by atoms with Crippen LogP contribution in [-0.4, -0.2) is 18.1 Å². The van der Waals surface area contributed by atoms with E-state index in [0.717, 1.165) is 37.8 Å². The summed E-state index contributed by atoms with van der Waals surface area (Å²) in [7, 11) is 0. The van der Waals surface area contributed by atoms with E-state index in [1.807, 2.05) is 30.3 Å². The minimum Gasteiger partial charge on any atom is -0.311 e. The summed E-state index contributed by atoms with van der Waals surface area (Å²) in [6.45, 7) is 2.01. The summed E-state index contributed by atoms with van der Waals surface area (Å²) >= 11 is 0. The van der Waals surface area contributed by atoms with Crippen LogP contribution in [0.15, 0.2) is 48.5 Å². The number of nitrogens with one attached hydrogen (secondary N) is 2. The molecule has 0 amide bonds. The van der Waals surface area contributed by atoms with E-state index < -0.39 is 23.5 Å². The number of piperidine rings is 1. The van der Waals surface area contributed by atoms with Crippen LogP contribution < -0.4 is 10.6 Å². The van der Waals surface area contributed by atoms with Gasteiger partial charge in [0.1, 0.15) is 0 Å². The molecule has 1 aliphatic heterocycles. The molecule has 31 heavy (non-hydrogen) atoms. The molecule has 8 heteroatoms. The molecular weight excluding hydrogens is 418 g/mol. The largest absolute Gasteiger partial charge is 0.416 e. The highest BCUT2D eigenvalue weighted by Crippen LogP contribution is 2.36. The first kappa shape index (κ1) is 23.6. The second-order valence-corrected chi connectivity index (χ2v) is 8.12. The van der Waals surface area contributed by atoms with Gasteiger partial charge in [-0.2, -0.15) is 26.3 Å². The van der Waals surface area contributed by atoms with Gasteiger partial charge in [0, 0.05) is 24.7 Å². The smallest absolute Gasteiger partial charge is 0.311 e. The maximum absolute atomic E-state index is 13.1. The van der Waals surface area contributed by atoms with Crippen LogP contribution in [0.5, 0.6) is 0 Å². The van der Waals surface area contributed by atoms with Gasteiger partial charge in [0.15, 0.2) is 0 Å². The van der Waals surface area contributed by atoms with Gasteiger partial charge in [-0.1, -0.05) is 37.3 Å². The summed E-state index contributed by atoms with van der Waals surface area (Å²) in [4.78, 5) is 0. The van der Waals surface area contributed by atoms with E-state index in [4.69, 9.17) is 0 Å². The van der Waals surface area contributed by atoms with Gasteiger partial charge in [0.25, 0.3) is 0 Å². The van der Waals surface area contributed by atoms with Crippen molar-refractivity contribution >= 4 is 0 Å². The standard InChI is InChI=1S/C23H26F6N2/c1-2-19-12-20(13-21(31-19)10-15-6-4-3-5-7-15)30-14-16-8-17(22(24,25)26)11-18(9-16)23(27,28)29/h3-9,11,19-21,30-31H,2,10,12-14H2,1H3/t19-,20+,21+/m1/s1. The summed E-state index contributed by atoms with van der Waals surface area (Å²) in [6, 6.07) is 12.2. The summed E-state index contributed by atoms with van der Waals surface area (Å²) in [6.07, 6.45) is -6.44. The maximum Gasteiger partial charge on any atom is 0.416 e. The van der Waals surface area contributed by atoms with E-state index in [9.17, 15) is 26.3 Å². The van der Waals surface area contributed by atoms with E-state index in [-0.39, 0.29) is 36.3 Å². The Morgan fingerprint density at radius 1 is 0.839 bits per heavy atom. The number of halogens is 6. The van der Waals surface area contributed by atoms with Gasteiger partial charge < -0.3 is 10.6 Å². The SMILES string of the molecule is CC[C@@H]1C[C@H](NCc2cc(C(F)(F)F)cc(C(F)(F)F)c2)C[C@H](Cc2ccccc2)N1. The fraction of sp³-hybridized carbons (Fsp3) is 0.478. The van der Waals surface area contributed by atoms with E-state index >= 15 is 0 Å². The molecule has 3 atom stereocenters. The number of benzene rings is 2. The third kappa shape index (κ3) is 6.71. The zero-order valence-electron chi connectivity index (χ0n) is 17.2. The quantitative estimate of drug-likeness (QED) is 0.538. The highest BCUT2D eigenvalue weighted by atomic mass is 19.4. The lowest BCUT2D eigenvalue weighted by Crippen LogP contribution is -2.52. The Morgan fingerprint density at radius 2 is 1.42 bits per heavy atom. The van der Waals surface area contributed by atoms with Crippen molar-refractivity contribution in [3.63, 3.8) is 0 Å². The third-order valence-corrected chi connectivity index (χ3v) is 5.67. The number of hydrogen-bond donors (Lipinski definition) is 2. The Bertz CT molecular complexity index is 815. The molecule has 2 aromatic carbocycles. The van der Waals surface area contributed by atoms with Gasteiger partial charge in [0.05, 0.1) is 11.1 Å². The van der Waals surface area contributed by atoms with Gasteiger partial charge in [-0.15, -0.1) is 0 Å². The average Bonchev–Trinajstić information content (AvgIpc) is 2.71. The van der Waals surface area contributed by atoms with Crippen molar-refractivity contribution in [2.75, 3.05) is 0 Å². The topological polar surface area (TPSA) is 24.1 Å². The van der Waals surface area contributed by atoms with Crippen molar-refractivity contribution in [2.24, 2.45) is 0 Å². The fourth-order valence-electron chi connectivity index (χ4n) is 4.13. The summed E-state index contributed by atoms with van der Waals surface area (Å²) in [5, 5.41) is 6.80. The highest BCUT2D eigenvalue weighted by molar-refractivity contribution is 5.33. The molecule has 1 fully saturated rings. The van der Waals surface area contributed by atoms with Crippen molar-refractivity contribution in [3.8, 4) is 0 Å². The van der Waals surface area contributed by atoms with Gasteiger partial charge in [-0.05, 0) is 55.0 Å². The molecule has 1 saturated heterocycles. The third-order valence-electron chi connectivity index (χ3n) is 5.67. The first-order valence-electron chi connectivity index (χ1n) is 10.4. The lowest BCUT2D eigenvalue weighted by Gasteiger charge is -2.37. The van der Waals surface area contributed by atoms with Gasteiger partial charge in [-0.25, -0.2) is 0 Å². The molecule has 2 N–H and O–H groups in total. The van der Waals surface area contributed by atoms with Crippen molar-refractivity contribution in [2.45, 2.75) is 69.6 Å². The molecule has 3 rings (SSSR count). The second kappa shape index (κ2) is 9.61. The zero-order chi connectivity index (χ0) is 22.6. The molecule has 170 valence electrons. The van der Waals surface area contributed by atoms with Crippen molar-refractivity contribution in [3.05, 3.63) is 70.8 Å². The lowest BCUT2D eigenvalue weighted by molar-refractivity contribution is -0.143. The van der Waals surface area contributed by atoms with E-state index in [0.29, 0.717) is 0 Å². The van der Waals surface area contributed by atoms with Crippen molar-refractivity contribution in [1.29, 1.82) is 0 Å². The van der Waals surface area contributed by atoms with Crippen LogP contribution in [0.3, 0.4) is 0 Å².